The number of carbonyl (C=O) groups excluding carboxylic acids is 1. The molecule has 1 saturated carbocycles. The van der Waals surface area contributed by atoms with Crippen LogP contribution >= 0.6 is 0 Å². The highest BCUT2D eigenvalue weighted by Crippen LogP contribution is 2.40. The Bertz CT molecular complexity index is 571. The first-order valence-corrected chi connectivity index (χ1v) is 6.78. The molecule has 1 aliphatic rings. The minimum absolute atomic E-state index is 0.00643. The van der Waals surface area contributed by atoms with Gasteiger partial charge in [-0.3, -0.25) is 14.9 Å². The number of nitrogens with two attached hydrogens (primary N) is 1. The Labute approximate surface area is 122 Å². The molecule has 0 aliphatic heterocycles. The molecule has 2 rings (SSSR count). The van der Waals surface area contributed by atoms with Gasteiger partial charge in [0.1, 0.15) is 17.9 Å². The molecular weight excluding hydrogens is 274 g/mol. The average molecular weight is 293 g/mol. The molecule has 0 bridgehead atoms. The summed E-state index contributed by atoms with van der Waals surface area (Å²) in [4.78, 5) is 22.3. The van der Waals surface area contributed by atoms with Gasteiger partial charge in [-0.15, -0.1) is 0 Å². The summed E-state index contributed by atoms with van der Waals surface area (Å²) >= 11 is 0. The SMILES string of the molecule is CNC(COc1cccc([N+](=O)[O-])c1C)(C(N)=O)C1CC1. The van der Waals surface area contributed by atoms with Crippen LogP contribution in [0.3, 0.4) is 0 Å². The van der Waals surface area contributed by atoms with Crippen molar-refractivity contribution < 1.29 is 14.5 Å². The van der Waals surface area contributed by atoms with E-state index in [4.69, 9.17) is 10.5 Å². The van der Waals surface area contributed by atoms with Crippen LogP contribution in [0.5, 0.6) is 5.75 Å². The van der Waals surface area contributed by atoms with Gasteiger partial charge in [-0.1, -0.05) is 6.07 Å². The lowest BCUT2D eigenvalue weighted by molar-refractivity contribution is -0.385. The molecule has 7 nitrogen and oxygen atoms in total. The van der Waals surface area contributed by atoms with Gasteiger partial charge < -0.3 is 15.8 Å². The summed E-state index contributed by atoms with van der Waals surface area (Å²) in [5, 5.41) is 13.9. The van der Waals surface area contributed by atoms with Crippen molar-refractivity contribution in [1.82, 2.24) is 5.32 Å². The predicted molar refractivity (Wildman–Crippen MR) is 77.0 cm³/mol. The van der Waals surface area contributed by atoms with Gasteiger partial charge in [0.15, 0.2) is 0 Å². The summed E-state index contributed by atoms with van der Waals surface area (Å²) in [6.07, 6.45) is 1.84. The number of carbonyl (C=O) groups is 1. The van der Waals surface area contributed by atoms with Gasteiger partial charge in [0, 0.05) is 6.07 Å². The molecule has 21 heavy (non-hydrogen) atoms. The maximum Gasteiger partial charge on any atom is 0.276 e. The largest absolute Gasteiger partial charge is 0.491 e. The van der Waals surface area contributed by atoms with E-state index in [0.717, 1.165) is 12.8 Å². The lowest BCUT2D eigenvalue weighted by Crippen LogP contribution is -2.59. The quantitative estimate of drug-likeness (QED) is 0.579. The maximum atomic E-state index is 11.8. The van der Waals surface area contributed by atoms with Crippen molar-refractivity contribution >= 4 is 11.6 Å². The highest BCUT2D eigenvalue weighted by Gasteiger charge is 2.49. The Morgan fingerprint density at radius 1 is 1.57 bits per heavy atom. The highest BCUT2D eigenvalue weighted by atomic mass is 16.6. The first-order chi connectivity index (χ1) is 9.92. The Balaban J connectivity index is 2.20. The monoisotopic (exact) mass is 293 g/mol. The second-order valence-corrected chi connectivity index (χ2v) is 5.31. The number of primary amides is 1. The summed E-state index contributed by atoms with van der Waals surface area (Å²) in [6, 6.07) is 4.63. The lowest BCUT2D eigenvalue weighted by Gasteiger charge is -2.30. The topological polar surface area (TPSA) is 107 Å². The first kappa shape index (κ1) is 15.2. The van der Waals surface area contributed by atoms with Gasteiger partial charge in [0.25, 0.3) is 5.69 Å². The molecule has 114 valence electrons. The number of hydrogen-bond donors (Lipinski definition) is 2. The summed E-state index contributed by atoms with van der Waals surface area (Å²) in [5.41, 5.74) is 5.03. The van der Waals surface area contributed by atoms with E-state index in [-0.39, 0.29) is 18.2 Å². The fourth-order valence-electron chi connectivity index (χ4n) is 2.51. The number of nitro benzene ring substituents is 1. The number of amides is 1. The molecule has 1 aromatic rings. The minimum atomic E-state index is -0.920. The number of nitro groups is 1. The molecule has 7 heteroatoms. The molecule has 1 fully saturated rings. The van der Waals surface area contributed by atoms with Crippen LogP contribution in [0, 0.1) is 23.0 Å². The van der Waals surface area contributed by atoms with Crippen molar-refractivity contribution in [2.75, 3.05) is 13.7 Å². The zero-order chi connectivity index (χ0) is 15.6. The van der Waals surface area contributed by atoms with Crippen LogP contribution in [0.2, 0.25) is 0 Å². The molecule has 1 aliphatic carbocycles. The van der Waals surface area contributed by atoms with Crippen LogP contribution < -0.4 is 15.8 Å². The van der Waals surface area contributed by atoms with Crippen molar-refractivity contribution in [3.05, 3.63) is 33.9 Å². The Morgan fingerprint density at radius 2 is 2.24 bits per heavy atom. The van der Waals surface area contributed by atoms with Crippen molar-refractivity contribution in [3.8, 4) is 5.75 Å². The Kier molecular flexibility index (Phi) is 4.13. The second kappa shape index (κ2) is 5.69. The van der Waals surface area contributed by atoms with Gasteiger partial charge in [-0.05, 0) is 38.8 Å². The van der Waals surface area contributed by atoms with Gasteiger partial charge >= 0.3 is 0 Å². The van der Waals surface area contributed by atoms with E-state index in [1.54, 1.807) is 26.1 Å². The Morgan fingerprint density at radius 3 is 2.71 bits per heavy atom. The third kappa shape index (κ3) is 2.82. The standard InChI is InChI=1S/C14H19N3O4/c1-9-11(17(19)20)4-3-5-12(9)21-8-14(16-2,13(15)18)10-6-7-10/h3-5,10,16H,6-8H2,1-2H3,(H2,15,18). The van der Waals surface area contributed by atoms with Crippen molar-refractivity contribution in [3.63, 3.8) is 0 Å². The van der Waals surface area contributed by atoms with Crippen LogP contribution in [0.1, 0.15) is 18.4 Å². The normalized spacial score (nSPS) is 17.0. The van der Waals surface area contributed by atoms with Gasteiger partial charge in [-0.25, -0.2) is 0 Å². The predicted octanol–water partition coefficient (Wildman–Crippen LogP) is 1.14. The number of nitrogens with one attached hydrogen (secondary N) is 1. The minimum Gasteiger partial charge on any atom is -0.491 e. The number of nitrogens with zero attached hydrogens (tertiary/aromatic N) is 1. The number of likely N-dealkylation sites (N-methyl/N-ethyl adjacent to an activating group) is 1. The summed E-state index contributed by atoms with van der Waals surface area (Å²) in [7, 11) is 1.67. The van der Waals surface area contributed by atoms with Crippen LogP contribution in [-0.4, -0.2) is 30.0 Å². The lowest BCUT2D eigenvalue weighted by atomic mass is 9.93. The highest BCUT2D eigenvalue weighted by molar-refractivity contribution is 5.85. The number of rotatable bonds is 7. The molecule has 1 unspecified atom stereocenters. The Hall–Kier alpha value is -2.15. The molecule has 0 radical (unpaired) electrons. The van der Waals surface area contributed by atoms with Crippen molar-refractivity contribution in [2.24, 2.45) is 11.7 Å². The van der Waals surface area contributed by atoms with E-state index in [2.05, 4.69) is 5.32 Å². The van der Waals surface area contributed by atoms with E-state index in [1.165, 1.54) is 6.07 Å². The van der Waals surface area contributed by atoms with Crippen LogP contribution in [0.4, 0.5) is 5.69 Å². The van der Waals surface area contributed by atoms with Gasteiger partial charge in [0.05, 0.1) is 10.5 Å². The van der Waals surface area contributed by atoms with Gasteiger partial charge in [-0.2, -0.15) is 0 Å². The van der Waals surface area contributed by atoms with Crippen LogP contribution in [-0.2, 0) is 4.79 Å². The number of benzene rings is 1. The molecule has 1 aromatic carbocycles. The molecule has 0 aromatic heterocycles. The molecule has 0 heterocycles. The summed E-state index contributed by atoms with van der Waals surface area (Å²) in [5.74, 6) is 0.0836. The fraction of sp³-hybridized carbons (Fsp3) is 0.500. The molecule has 0 saturated heterocycles. The van der Waals surface area contributed by atoms with Gasteiger partial charge in [0.2, 0.25) is 5.91 Å². The van der Waals surface area contributed by atoms with Crippen LogP contribution in [0.25, 0.3) is 0 Å². The van der Waals surface area contributed by atoms with Crippen molar-refractivity contribution in [1.29, 1.82) is 0 Å². The molecule has 0 spiro atoms. The smallest absolute Gasteiger partial charge is 0.276 e. The third-order valence-electron chi connectivity index (χ3n) is 4.07. The average Bonchev–Trinajstić information content (AvgIpc) is 3.26. The number of ether oxygens (including phenoxy) is 1. The molecule has 3 N–H and O–H groups in total. The second-order valence-electron chi connectivity index (χ2n) is 5.31. The van der Waals surface area contributed by atoms with E-state index in [0.29, 0.717) is 11.3 Å². The molecular formula is C14H19N3O4. The zero-order valence-corrected chi connectivity index (χ0v) is 12.1. The molecule has 1 amide bonds. The molecule has 1 atom stereocenters. The number of hydrogen-bond acceptors (Lipinski definition) is 5. The summed E-state index contributed by atoms with van der Waals surface area (Å²) < 4.78 is 5.68. The third-order valence-corrected chi connectivity index (χ3v) is 4.07. The maximum absolute atomic E-state index is 11.8. The van der Waals surface area contributed by atoms with Crippen LogP contribution in [0.15, 0.2) is 18.2 Å². The van der Waals surface area contributed by atoms with E-state index in [9.17, 15) is 14.9 Å². The first-order valence-electron chi connectivity index (χ1n) is 6.78. The van der Waals surface area contributed by atoms with E-state index >= 15 is 0 Å². The summed E-state index contributed by atoms with van der Waals surface area (Å²) in [6.45, 7) is 1.68. The van der Waals surface area contributed by atoms with E-state index in [1.807, 2.05) is 0 Å². The van der Waals surface area contributed by atoms with Crippen molar-refractivity contribution in [2.45, 2.75) is 25.3 Å². The zero-order valence-electron chi connectivity index (χ0n) is 12.1. The van der Waals surface area contributed by atoms with E-state index < -0.39 is 16.4 Å². The fourth-order valence-corrected chi connectivity index (χ4v) is 2.51.